The fourth-order valence-electron chi connectivity index (χ4n) is 3.93. The highest BCUT2D eigenvalue weighted by Gasteiger charge is 2.32. The van der Waals surface area contributed by atoms with Gasteiger partial charge in [0.1, 0.15) is 11.4 Å². The Morgan fingerprint density at radius 1 is 1.09 bits per heavy atom. The Hall–Kier alpha value is -2.75. The van der Waals surface area contributed by atoms with E-state index in [4.69, 9.17) is 44.1 Å². The molecule has 3 aromatic heterocycles. The lowest BCUT2D eigenvalue weighted by molar-refractivity contribution is -0.137. The first-order valence-corrected chi connectivity index (χ1v) is 11.6. The van der Waals surface area contributed by atoms with Crippen molar-refractivity contribution in [3.05, 3.63) is 63.4 Å². The number of allylic oxidation sites excluding steroid dienone is 1. The topological polar surface area (TPSA) is 65.5 Å². The van der Waals surface area contributed by atoms with Crippen LogP contribution in [0.25, 0.3) is 28.6 Å². The lowest BCUT2D eigenvalue weighted by atomic mass is 10.1. The second-order valence-electron chi connectivity index (χ2n) is 8.29. The zero-order valence-corrected chi connectivity index (χ0v) is 20.1. The molecule has 0 amide bonds. The first-order valence-electron chi connectivity index (χ1n) is 10.5. The predicted molar refractivity (Wildman–Crippen MR) is 126 cm³/mol. The minimum absolute atomic E-state index is 0.0438. The summed E-state index contributed by atoms with van der Waals surface area (Å²) in [6.07, 6.45) is 0.616. The van der Waals surface area contributed by atoms with E-state index in [2.05, 4.69) is 21.7 Å². The van der Waals surface area contributed by atoms with E-state index in [9.17, 15) is 13.2 Å². The summed E-state index contributed by atoms with van der Waals surface area (Å²) < 4.78 is 51.6. The van der Waals surface area contributed by atoms with Crippen LogP contribution in [0.15, 0.2) is 47.3 Å². The van der Waals surface area contributed by atoms with Gasteiger partial charge in [0.2, 0.25) is 5.82 Å². The van der Waals surface area contributed by atoms with Crippen molar-refractivity contribution < 1.29 is 22.4 Å². The molecule has 0 radical (unpaired) electrons. The van der Waals surface area contributed by atoms with Crippen molar-refractivity contribution >= 4 is 40.4 Å². The van der Waals surface area contributed by atoms with Crippen LogP contribution in [-0.2, 0) is 6.18 Å². The molecule has 0 saturated heterocycles. The van der Waals surface area contributed by atoms with Gasteiger partial charge in [-0.05, 0) is 37.3 Å². The molecule has 0 spiro atoms. The molecule has 0 bridgehead atoms. The third-order valence-electron chi connectivity index (χ3n) is 5.70. The molecule has 5 rings (SSSR count). The molecule has 1 saturated carbocycles. The lowest BCUT2D eigenvalue weighted by Gasteiger charge is -2.13. The number of halogens is 6. The molecule has 3 heterocycles. The molecule has 1 aliphatic carbocycles. The zero-order valence-electron chi connectivity index (χ0n) is 17.9. The summed E-state index contributed by atoms with van der Waals surface area (Å²) in [6.45, 7) is 4.51. The summed E-state index contributed by atoms with van der Waals surface area (Å²) in [5.41, 5.74) is 0.974. The molecule has 0 N–H and O–H groups in total. The zero-order chi connectivity index (χ0) is 24.9. The maximum atomic E-state index is 13.1. The van der Waals surface area contributed by atoms with Crippen molar-refractivity contribution in [2.75, 3.05) is 6.61 Å². The average molecular weight is 544 g/mol. The molecular formula is C23H16Cl3F3N4O2. The summed E-state index contributed by atoms with van der Waals surface area (Å²) in [5, 5.41) is 4.32. The summed E-state index contributed by atoms with van der Waals surface area (Å²) in [5.74, 6) is 0.932. The van der Waals surface area contributed by atoms with Crippen molar-refractivity contribution in [2.45, 2.75) is 25.4 Å². The van der Waals surface area contributed by atoms with E-state index >= 15 is 0 Å². The first kappa shape index (κ1) is 24.0. The van der Waals surface area contributed by atoms with Crippen LogP contribution in [0.4, 0.5) is 13.2 Å². The van der Waals surface area contributed by atoms with Crippen molar-refractivity contribution in [3.63, 3.8) is 0 Å². The van der Waals surface area contributed by atoms with Gasteiger partial charge in [-0.25, -0.2) is 4.98 Å². The first-order chi connectivity index (χ1) is 16.6. The van der Waals surface area contributed by atoms with E-state index in [-0.39, 0.29) is 33.1 Å². The standard InChI is InChI=1S/C23H16Cl3F3N4O2/c1-11-2-3-12(4-11)10-34-19-7-15(24)14(6-16(19)25)22-31-20(32-35-22)18-9-33-8-13(23(27,28)29)5-17(26)21(33)30-18/h5-9,12H,1-4,10H2/t12-/m0/s1. The summed E-state index contributed by atoms with van der Waals surface area (Å²) in [6, 6.07) is 3.94. The maximum Gasteiger partial charge on any atom is 0.417 e. The van der Waals surface area contributed by atoms with Gasteiger partial charge in [-0.3, -0.25) is 0 Å². The second-order valence-corrected chi connectivity index (χ2v) is 9.51. The molecular weight excluding hydrogens is 528 g/mol. The van der Waals surface area contributed by atoms with Gasteiger partial charge in [-0.1, -0.05) is 52.1 Å². The molecule has 1 aromatic carbocycles. The molecule has 0 unspecified atom stereocenters. The molecule has 182 valence electrons. The molecule has 1 atom stereocenters. The van der Waals surface area contributed by atoms with Crippen LogP contribution in [0, 0.1) is 5.92 Å². The largest absolute Gasteiger partial charge is 0.492 e. The molecule has 35 heavy (non-hydrogen) atoms. The van der Waals surface area contributed by atoms with Crippen molar-refractivity contribution in [3.8, 4) is 28.7 Å². The highest BCUT2D eigenvalue weighted by Crippen LogP contribution is 2.38. The quantitative estimate of drug-likeness (QED) is 0.241. The fourth-order valence-corrected chi connectivity index (χ4v) is 4.64. The number of fused-ring (bicyclic) bond motifs is 1. The van der Waals surface area contributed by atoms with Crippen LogP contribution < -0.4 is 4.74 Å². The second kappa shape index (κ2) is 9.04. The summed E-state index contributed by atoms with van der Waals surface area (Å²) in [7, 11) is 0. The molecule has 0 aliphatic heterocycles. The van der Waals surface area contributed by atoms with Gasteiger partial charge in [-0.15, -0.1) is 0 Å². The number of rotatable bonds is 5. The van der Waals surface area contributed by atoms with Crippen molar-refractivity contribution in [2.24, 2.45) is 5.92 Å². The molecule has 1 aliphatic rings. The fraction of sp³-hybridized carbons (Fsp3) is 0.261. The molecule has 1 fully saturated rings. The smallest absolute Gasteiger partial charge is 0.417 e. The van der Waals surface area contributed by atoms with Gasteiger partial charge in [-0.2, -0.15) is 18.2 Å². The number of imidazole rings is 1. The van der Waals surface area contributed by atoms with E-state index in [1.807, 2.05) is 0 Å². The van der Waals surface area contributed by atoms with Crippen molar-refractivity contribution in [1.29, 1.82) is 0 Å². The van der Waals surface area contributed by atoms with Crippen molar-refractivity contribution in [1.82, 2.24) is 19.5 Å². The SMILES string of the molecule is C=C1CC[C@H](COc2cc(Cl)c(-c3nc(-c4cn5cc(C(F)(F)F)cc(Cl)c5n4)no3)cc2Cl)C1. The Morgan fingerprint density at radius 3 is 2.60 bits per heavy atom. The van der Waals surface area contributed by atoms with Gasteiger partial charge in [0.15, 0.2) is 5.65 Å². The normalized spacial score (nSPS) is 16.4. The number of nitrogens with zero attached hydrogens (tertiary/aromatic N) is 4. The van der Waals surface area contributed by atoms with Gasteiger partial charge >= 0.3 is 6.18 Å². The molecule has 12 heteroatoms. The van der Waals surface area contributed by atoms with E-state index in [1.54, 1.807) is 12.1 Å². The summed E-state index contributed by atoms with van der Waals surface area (Å²) >= 11 is 18.8. The number of pyridine rings is 1. The highest BCUT2D eigenvalue weighted by molar-refractivity contribution is 6.36. The van der Waals surface area contributed by atoms with Gasteiger partial charge < -0.3 is 13.7 Å². The Morgan fingerprint density at radius 2 is 1.89 bits per heavy atom. The van der Waals surface area contributed by atoms with Crippen LogP contribution in [0.2, 0.25) is 15.1 Å². The third kappa shape index (κ3) is 4.85. The van der Waals surface area contributed by atoms with E-state index in [0.29, 0.717) is 28.9 Å². The minimum atomic E-state index is -4.56. The van der Waals surface area contributed by atoms with Crippen LogP contribution >= 0.6 is 34.8 Å². The van der Waals surface area contributed by atoms with Gasteiger partial charge in [0, 0.05) is 18.5 Å². The maximum absolute atomic E-state index is 13.1. The third-order valence-corrected chi connectivity index (χ3v) is 6.58. The van der Waals surface area contributed by atoms with Crippen LogP contribution in [0.1, 0.15) is 24.8 Å². The van der Waals surface area contributed by atoms with Gasteiger partial charge in [0.25, 0.3) is 5.89 Å². The number of benzene rings is 1. The number of aromatic nitrogens is 4. The monoisotopic (exact) mass is 542 g/mol. The Labute approximate surface area is 212 Å². The lowest BCUT2D eigenvalue weighted by Crippen LogP contribution is -2.08. The van der Waals surface area contributed by atoms with Crippen LogP contribution in [0.5, 0.6) is 5.75 Å². The Kier molecular flexibility index (Phi) is 6.19. The van der Waals surface area contributed by atoms with E-state index in [1.165, 1.54) is 11.8 Å². The Balaban J connectivity index is 1.40. The highest BCUT2D eigenvalue weighted by atomic mass is 35.5. The minimum Gasteiger partial charge on any atom is -0.492 e. The Bertz CT molecular complexity index is 1450. The van der Waals surface area contributed by atoms with Crippen LogP contribution in [-0.4, -0.2) is 26.1 Å². The number of hydrogen-bond acceptors (Lipinski definition) is 5. The molecule has 6 nitrogen and oxygen atoms in total. The predicted octanol–water partition coefficient (Wildman–Crippen LogP) is 7.77. The summed E-state index contributed by atoms with van der Waals surface area (Å²) in [4.78, 5) is 8.51. The number of alkyl halides is 3. The van der Waals surface area contributed by atoms with E-state index in [0.717, 1.165) is 35.9 Å². The van der Waals surface area contributed by atoms with Crippen LogP contribution in [0.3, 0.4) is 0 Å². The van der Waals surface area contributed by atoms with Gasteiger partial charge in [0.05, 0.1) is 32.8 Å². The average Bonchev–Trinajstić information content (AvgIpc) is 3.52. The number of ether oxygens (including phenoxy) is 1. The molecule has 4 aromatic rings. The van der Waals surface area contributed by atoms with E-state index < -0.39 is 11.7 Å². The number of hydrogen-bond donors (Lipinski definition) is 0.